The van der Waals surface area contributed by atoms with Crippen molar-refractivity contribution >= 4 is 29.5 Å². The summed E-state index contributed by atoms with van der Waals surface area (Å²) in [6, 6.07) is 4.25. The van der Waals surface area contributed by atoms with Crippen molar-refractivity contribution in [1.29, 1.82) is 0 Å². The van der Waals surface area contributed by atoms with E-state index in [1.165, 1.54) is 23.1 Å². The summed E-state index contributed by atoms with van der Waals surface area (Å²) in [4.78, 5) is 30.5. The number of piperazine rings is 1. The fourth-order valence-electron chi connectivity index (χ4n) is 4.53. The summed E-state index contributed by atoms with van der Waals surface area (Å²) in [5, 5.41) is 10.3. The van der Waals surface area contributed by atoms with Gasteiger partial charge in [-0.1, -0.05) is 17.7 Å². The molecule has 2 heterocycles. The summed E-state index contributed by atoms with van der Waals surface area (Å²) < 4.78 is 13.2. The van der Waals surface area contributed by atoms with Crippen LogP contribution >= 0.6 is 11.6 Å². The topological polar surface area (TPSA) is 64.1 Å². The molecule has 1 saturated carbocycles. The first-order valence-corrected chi connectivity index (χ1v) is 11.3. The van der Waals surface area contributed by atoms with Crippen LogP contribution in [0, 0.1) is 11.2 Å². The zero-order valence-corrected chi connectivity index (χ0v) is 18.4. The van der Waals surface area contributed by atoms with Gasteiger partial charge in [-0.15, -0.1) is 0 Å². The van der Waals surface area contributed by atoms with Crippen LogP contribution in [-0.2, 0) is 9.59 Å². The number of amides is 2. The highest BCUT2D eigenvalue weighted by atomic mass is 35.5. The lowest BCUT2D eigenvalue weighted by Gasteiger charge is -2.37. The van der Waals surface area contributed by atoms with Gasteiger partial charge in [0.2, 0.25) is 11.8 Å². The van der Waals surface area contributed by atoms with E-state index >= 15 is 0 Å². The zero-order valence-electron chi connectivity index (χ0n) is 17.6. The summed E-state index contributed by atoms with van der Waals surface area (Å²) in [6.45, 7) is 4.39. The molecule has 0 aromatic heterocycles. The van der Waals surface area contributed by atoms with E-state index in [1.807, 2.05) is 4.90 Å². The monoisotopic (exact) mass is 449 g/mol. The van der Waals surface area contributed by atoms with E-state index in [0.717, 1.165) is 45.3 Å². The normalized spacial score (nSPS) is 23.7. The molecule has 1 aliphatic carbocycles. The number of likely N-dealkylation sites (tertiary alicyclic amines) is 1. The van der Waals surface area contributed by atoms with Crippen LogP contribution in [0.3, 0.4) is 0 Å². The van der Waals surface area contributed by atoms with E-state index < -0.39 is 5.82 Å². The van der Waals surface area contributed by atoms with Crippen LogP contribution < -0.4 is 0 Å². The average molecular weight is 450 g/mol. The van der Waals surface area contributed by atoms with E-state index in [9.17, 15) is 19.1 Å². The molecule has 168 valence electrons. The van der Waals surface area contributed by atoms with E-state index in [4.69, 9.17) is 11.6 Å². The molecule has 1 aromatic rings. The number of benzene rings is 1. The van der Waals surface area contributed by atoms with Crippen LogP contribution in [0.2, 0.25) is 5.02 Å². The number of aliphatic hydroxyl groups is 1. The fourth-order valence-corrected chi connectivity index (χ4v) is 4.72. The lowest BCUT2D eigenvalue weighted by molar-refractivity contribution is -0.143. The minimum atomic E-state index is -0.504. The quantitative estimate of drug-likeness (QED) is 0.677. The molecule has 2 amide bonds. The van der Waals surface area contributed by atoms with Crippen molar-refractivity contribution < 1.29 is 19.1 Å². The molecule has 2 saturated heterocycles. The Morgan fingerprint density at radius 1 is 1.23 bits per heavy atom. The first-order valence-electron chi connectivity index (χ1n) is 11.0. The largest absolute Gasteiger partial charge is 0.391 e. The minimum absolute atomic E-state index is 0.00417. The Morgan fingerprint density at radius 3 is 2.71 bits per heavy atom. The van der Waals surface area contributed by atoms with Gasteiger partial charge in [0.1, 0.15) is 12.4 Å². The molecule has 0 bridgehead atoms. The third-order valence-electron chi connectivity index (χ3n) is 6.85. The molecule has 6 nitrogen and oxygen atoms in total. The molecule has 3 fully saturated rings. The summed E-state index contributed by atoms with van der Waals surface area (Å²) in [5.74, 6) is -0.798. The summed E-state index contributed by atoms with van der Waals surface area (Å²) in [6.07, 6.45) is 7.01. The van der Waals surface area contributed by atoms with Gasteiger partial charge in [0.15, 0.2) is 0 Å². The maximum absolute atomic E-state index is 13.2. The van der Waals surface area contributed by atoms with Gasteiger partial charge in [0.25, 0.3) is 0 Å². The molecule has 1 aromatic carbocycles. The van der Waals surface area contributed by atoms with Crippen molar-refractivity contribution in [3.8, 4) is 0 Å². The second-order valence-electron chi connectivity index (χ2n) is 8.93. The Hall–Kier alpha value is -1.96. The average Bonchev–Trinajstić information content (AvgIpc) is 3.53. The smallest absolute Gasteiger partial charge is 0.247 e. The van der Waals surface area contributed by atoms with Crippen LogP contribution in [0.4, 0.5) is 4.39 Å². The Kier molecular flexibility index (Phi) is 6.65. The Bertz CT molecular complexity index is 874. The molecule has 8 heteroatoms. The molecule has 1 atom stereocenters. The van der Waals surface area contributed by atoms with E-state index in [2.05, 4.69) is 4.90 Å². The SMILES string of the molecule is O=C(C=Cc1ccc(F)c(Cl)c1)N1CCN(CCCN2CCC3(CC3)C(O)C2)C(=O)C1. The number of rotatable bonds is 6. The van der Waals surface area contributed by atoms with Gasteiger partial charge in [-0.25, -0.2) is 4.39 Å². The molecule has 4 rings (SSSR count). The van der Waals surface area contributed by atoms with Gasteiger partial charge in [-0.05, 0) is 68.0 Å². The standard InChI is InChI=1S/C23H29ClFN3O3/c24-18-14-17(2-4-19(18)25)3-5-21(30)28-13-12-27(22(31)16-28)10-1-9-26-11-8-23(6-7-23)20(29)15-26/h2-5,14,20,29H,1,6-13,15-16H2. The second kappa shape index (κ2) is 9.27. The maximum atomic E-state index is 13.2. The van der Waals surface area contributed by atoms with Gasteiger partial charge in [0.05, 0.1) is 11.1 Å². The molecule has 1 spiro atoms. The summed E-state index contributed by atoms with van der Waals surface area (Å²) in [7, 11) is 0. The molecule has 3 aliphatic rings. The molecular formula is C23H29ClFN3O3. The van der Waals surface area contributed by atoms with Gasteiger partial charge >= 0.3 is 0 Å². The van der Waals surface area contributed by atoms with Gasteiger partial charge in [0, 0.05) is 32.3 Å². The van der Waals surface area contributed by atoms with Crippen LogP contribution in [0.25, 0.3) is 6.08 Å². The maximum Gasteiger partial charge on any atom is 0.247 e. The Labute approximate surface area is 187 Å². The first kappa shape index (κ1) is 22.2. The second-order valence-corrected chi connectivity index (χ2v) is 9.34. The van der Waals surface area contributed by atoms with Crippen LogP contribution in [0.15, 0.2) is 24.3 Å². The minimum Gasteiger partial charge on any atom is -0.391 e. The highest BCUT2D eigenvalue weighted by Gasteiger charge is 2.51. The summed E-state index contributed by atoms with van der Waals surface area (Å²) >= 11 is 5.76. The number of halogens is 2. The van der Waals surface area contributed by atoms with Crippen molar-refractivity contribution in [3.63, 3.8) is 0 Å². The number of hydrogen-bond acceptors (Lipinski definition) is 4. The predicted molar refractivity (Wildman–Crippen MR) is 117 cm³/mol. The van der Waals surface area contributed by atoms with Crippen molar-refractivity contribution in [2.24, 2.45) is 5.41 Å². The highest BCUT2D eigenvalue weighted by Crippen LogP contribution is 2.53. The molecule has 0 radical (unpaired) electrons. The molecule has 1 N–H and O–H groups in total. The van der Waals surface area contributed by atoms with Crippen LogP contribution in [0.5, 0.6) is 0 Å². The van der Waals surface area contributed by atoms with Crippen molar-refractivity contribution in [3.05, 3.63) is 40.7 Å². The predicted octanol–water partition coefficient (Wildman–Crippen LogP) is 2.40. The number of aliphatic hydroxyl groups excluding tert-OH is 1. The molecule has 31 heavy (non-hydrogen) atoms. The molecule has 1 unspecified atom stereocenters. The fraction of sp³-hybridized carbons (Fsp3) is 0.565. The third-order valence-corrected chi connectivity index (χ3v) is 7.14. The van der Waals surface area contributed by atoms with Gasteiger partial charge < -0.3 is 19.8 Å². The van der Waals surface area contributed by atoms with Crippen LogP contribution in [0.1, 0.15) is 31.2 Å². The Balaban J connectivity index is 1.19. The van der Waals surface area contributed by atoms with Gasteiger partial charge in [-0.3, -0.25) is 9.59 Å². The zero-order chi connectivity index (χ0) is 22.0. The molecular weight excluding hydrogens is 421 g/mol. The molecule has 2 aliphatic heterocycles. The Morgan fingerprint density at radius 2 is 2.03 bits per heavy atom. The van der Waals surface area contributed by atoms with E-state index in [-0.39, 0.29) is 34.9 Å². The van der Waals surface area contributed by atoms with E-state index in [0.29, 0.717) is 25.2 Å². The third kappa shape index (κ3) is 5.27. The lowest BCUT2D eigenvalue weighted by atomic mass is 9.90. The van der Waals surface area contributed by atoms with Gasteiger partial charge in [-0.2, -0.15) is 0 Å². The van der Waals surface area contributed by atoms with Crippen molar-refractivity contribution in [1.82, 2.24) is 14.7 Å². The highest BCUT2D eigenvalue weighted by molar-refractivity contribution is 6.30. The first-order chi connectivity index (χ1) is 14.9. The van der Waals surface area contributed by atoms with Crippen molar-refractivity contribution in [2.45, 2.75) is 31.8 Å². The summed E-state index contributed by atoms with van der Waals surface area (Å²) in [5.41, 5.74) is 0.840. The van der Waals surface area contributed by atoms with Crippen LogP contribution in [-0.4, -0.2) is 83.5 Å². The number of β-amino-alcohol motifs (C(OH)–C–C–N with tert-alkyl or cyclic N) is 1. The lowest BCUT2D eigenvalue weighted by Crippen LogP contribution is -2.52. The van der Waals surface area contributed by atoms with E-state index in [1.54, 1.807) is 12.1 Å². The number of carbonyl (C=O) groups is 2. The number of nitrogens with zero attached hydrogens (tertiary/aromatic N) is 3. The number of hydrogen-bond donors (Lipinski definition) is 1. The number of carbonyl (C=O) groups excluding carboxylic acids is 2. The van der Waals surface area contributed by atoms with Crippen molar-refractivity contribution in [2.75, 3.05) is 45.8 Å². The number of piperidine rings is 1.